The Balaban J connectivity index is 1.72. The van der Waals surface area contributed by atoms with Gasteiger partial charge in [0.1, 0.15) is 5.75 Å². The number of primary amides is 1. The molecule has 6 nitrogen and oxygen atoms in total. The van der Waals surface area contributed by atoms with Crippen LogP contribution in [0.15, 0.2) is 48.5 Å². The molecule has 0 aliphatic heterocycles. The summed E-state index contributed by atoms with van der Waals surface area (Å²) in [6, 6.07) is 14.1. The van der Waals surface area contributed by atoms with Crippen LogP contribution < -0.4 is 21.1 Å². The van der Waals surface area contributed by atoms with E-state index in [1.807, 2.05) is 24.3 Å². The molecule has 0 spiro atoms. The summed E-state index contributed by atoms with van der Waals surface area (Å²) in [7, 11) is 0. The van der Waals surface area contributed by atoms with Gasteiger partial charge in [-0.15, -0.1) is 0 Å². The Morgan fingerprint density at radius 1 is 0.964 bits per heavy atom. The number of unbranched alkanes of at least 4 members (excludes halogenated alkanes) is 4. The van der Waals surface area contributed by atoms with E-state index < -0.39 is 5.91 Å². The van der Waals surface area contributed by atoms with E-state index >= 15 is 0 Å². The Hall–Kier alpha value is -3.02. The lowest BCUT2D eigenvalue weighted by Crippen LogP contribution is -2.22. The molecule has 0 unspecified atom stereocenters. The number of rotatable bonds is 12. The zero-order chi connectivity index (χ0) is 20.2. The summed E-state index contributed by atoms with van der Waals surface area (Å²) in [5.41, 5.74) is 7.01. The minimum atomic E-state index is -0.503. The molecule has 2 rings (SSSR count). The van der Waals surface area contributed by atoms with Crippen molar-refractivity contribution >= 4 is 23.2 Å². The van der Waals surface area contributed by atoms with E-state index in [0.29, 0.717) is 23.5 Å². The lowest BCUT2D eigenvalue weighted by molar-refractivity contribution is -0.114. The highest BCUT2D eigenvalue weighted by Crippen LogP contribution is 2.16. The maximum atomic E-state index is 12.1. The lowest BCUT2D eigenvalue weighted by atomic mass is 10.2. The minimum absolute atomic E-state index is 0.0816. The maximum Gasteiger partial charge on any atom is 0.248 e. The Labute approximate surface area is 166 Å². The number of carbonyl (C=O) groups excluding carboxylic acids is 2. The van der Waals surface area contributed by atoms with E-state index in [1.54, 1.807) is 24.3 Å². The van der Waals surface area contributed by atoms with Crippen molar-refractivity contribution in [3.8, 4) is 5.75 Å². The van der Waals surface area contributed by atoms with E-state index in [9.17, 15) is 9.59 Å². The Morgan fingerprint density at radius 3 is 2.43 bits per heavy atom. The van der Waals surface area contributed by atoms with Crippen molar-refractivity contribution in [1.29, 1.82) is 0 Å². The first-order valence-corrected chi connectivity index (χ1v) is 9.75. The number of nitrogens with one attached hydrogen (secondary N) is 2. The van der Waals surface area contributed by atoms with Crippen LogP contribution in [0.3, 0.4) is 0 Å². The molecule has 6 heteroatoms. The van der Waals surface area contributed by atoms with Crippen molar-refractivity contribution in [2.24, 2.45) is 5.73 Å². The number of hydrogen-bond donors (Lipinski definition) is 3. The van der Waals surface area contributed by atoms with Gasteiger partial charge in [-0.25, -0.2) is 0 Å². The molecule has 0 aliphatic rings. The number of nitrogens with two attached hydrogens (primary N) is 1. The average Bonchev–Trinajstić information content (AvgIpc) is 2.70. The summed E-state index contributed by atoms with van der Waals surface area (Å²) in [4.78, 5) is 23.3. The van der Waals surface area contributed by atoms with Crippen molar-refractivity contribution in [1.82, 2.24) is 0 Å². The molecule has 2 amide bonds. The fraction of sp³-hybridized carbons (Fsp3) is 0.364. The fourth-order valence-corrected chi connectivity index (χ4v) is 2.70. The van der Waals surface area contributed by atoms with Crippen molar-refractivity contribution in [3.63, 3.8) is 0 Å². The first kappa shape index (κ1) is 21.3. The van der Waals surface area contributed by atoms with Crippen LogP contribution in [0.5, 0.6) is 5.75 Å². The van der Waals surface area contributed by atoms with Crippen LogP contribution in [0.25, 0.3) is 0 Å². The third-order valence-corrected chi connectivity index (χ3v) is 4.25. The van der Waals surface area contributed by atoms with Crippen LogP contribution in [0.2, 0.25) is 0 Å². The third kappa shape index (κ3) is 7.70. The van der Waals surface area contributed by atoms with Crippen LogP contribution in [0.1, 0.15) is 49.4 Å². The summed E-state index contributed by atoms with van der Waals surface area (Å²) < 4.78 is 5.72. The largest absolute Gasteiger partial charge is 0.494 e. The molecular weight excluding hydrogens is 354 g/mol. The van der Waals surface area contributed by atoms with Crippen LogP contribution in [-0.2, 0) is 4.79 Å². The summed E-state index contributed by atoms with van der Waals surface area (Å²) in [5.74, 6) is 0.111. The van der Waals surface area contributed by atoms with E-state index in [1.165, 1.54) is 25.7 Å². The highest BCUT2D eigenvalue weighted by molar-refractivity contribution is 5.95. The van der Waals surface area contributed by atoms with Crippen molar-refractivity contribution in [2.45, 2.75) is 39.0 Å². The molecule has 0 heterocycles. The van der Waals surface area contributed by atoms with Crippen LogP contribution in [0, 0.1) is 0 Å². The monoisotopic (exact) mass is 383 g/mol. The fourth-order valence-electron chi connectivity index (χ4n) is 2.70. The number of anilines is 2. The summed E-state index contributed by atoms with van der Waals surface area (Å²) in [5, 5.41) is 5.79. The van der Waals surface area contributed by atoms with Gasteiger partial charge in [0.2, 0.25) is 11.8 Å². The molecule has 150 valence electrons. The van der Waals surface area contributed by atoms with Crippen LogP contribution >= 0.6 is 0 Å². The normalized spacial score (nSPS) is 10.3. The van der Waals surface area contributed by atoms with Gasteiger partial charge in [-0.05, 0) is 48.9 Å². The summed E-state index contributed by atoms with van der Waals surface area (Å²) in [6.45, 7) is 3.00. The topological polar surface area (TPSA) is 93.4 Å². The zero-order valence-electron chi connectivity index (χ0n) is 16.4. The second-order valence-corrected chi connectivity index (χ2v) is 6.63. The molecule has 0 fully saturated rings. The third-order valence-electron chi connectivity index (χ3n) is 4.25. The predicted octanol–water partition coefficient (Wildman–Crippen LogP) is 4.19. The molecule has 0 saturated heterocycles. The Morgan fingerprint density at radius 2 is 1.71 bits per heavy atom. The zero-order valence-corrected chi connectivity index (χ0v) is 16.4. The second-order valence-electron chi connectivity index (χ2n) is 6.63. The molecule has 2 aromatic carbocycles. The van der Waals surface area contributed by atoms with Gasteiger partial charge in [0, 0.05) is 16.9 Å². The van der Waals surface area contributed by atoms with Gasteiger partial charge in [-0.1, -0.05) is 38.7 Å². The molecule has 0 atom stereocenters. The minimum Gasteiger partial charge on any atom is -0.494 e. The SMILES string of the molecule is CCCCCCCOc1ccc(NC(=O)CNc2cccc(C(N)=O)c2)cc1. The van der Waals surface area contributed by atoms with Gasteiger partial charge < -0.3 is 21.1 Å². The average molecular weight is 383 g/mol. The quantitative estimate of drug-likeness (QED) is 0.479. The Kier molecular flexibility index (Phi) is 8.85. The molecule has 28 heavy (non-hydrogen) atoms. The second kappa shape index (κ2) is 11.6. The van der Waals surface area contributed by atoms with Crippen molar-refractivity contribution < 1.29 is 14.3 Å². The number of ether oxygens (including phenoxy) is 1. The summed E-state index contributed by atoms with van der Waals surface area (Å²) in [6.07, 6.45) is 6.02. The highest BCUT2D eigenvalue weighted by atomic mass is 16.5. The molecule has 0 aliphatic carbocycles. The van der Waals surface area contributed by atoms with E-state index in [4.69, 9.17) is 10.5 Å². The molecule has 0 bridgehead atoms. The number of amides is 2. The molecule has 0 aromatic heterocycles. The standard InChI is InChI=1S/C22H29N3O3/c1-2-3-4-5-6-14-28-20-12-10-18(11-13-20)25-21(26)16-24-19-9-7-8-17(15-19)22(23)27/h7-13,15,24H,2-6,14,16H2,1H3,(H2,23,27)(H,25,26). The highest BCUT2D eigenvalue weighted by Gasteiger charge is 2.05. The molecule has 0 radical (unpaired) electrons. The lowest BCUT2D eigenvalue weighted by Gasteiger charge is -2.10. The number of hydrogen-bond acceptors (Lipinski definition) is 4. The first-order valence-electron chi connectivity index (χ1n) is 9.75. The van der Waals surface area contributed by atoms with Gasteiger partial charge in [0.25, 0.3) is 0 Å². The number of carbonyl (C=O) groups is 2. The van der Waals surface area contributed by atoms with Crippen molar-refractivity contribution in [2.75, 3.05) is 23.8 Å². The first-order chi connectivity index (χ1) is 13.6. The van der Waals surface area contributed by atoms with Crippen LogP contribution in [-0.4, -0.2) is 25.0 Å². The van der Waals surface area contributed by atoms with Gasteiger partial charge >= 0.3 is 0 Å². The molecule has 0 saturated carbocycles. The summed E-state index contributed by atoms with van der Waals surface area (Å²) >= 11 is 0. The van der Waals surface area contributed by atoms with Gasteiger partial charge in [0.15, 0.2) is 0 Å². The van der Waals surface area contributed by atoms with Gasteiger partial charge in [-0.3, -0.25) is 9.59 Å². The molecule has 4 N–H and O–H groups in total. The molecular formula is C22H29N3O3. The smallest absolute Gasteiger partial charge is 0.248 e. The van der Waals surface area contributed by atoms with E-state index in [-0.39, 0.29) is 12.5 Å². The van der Waals surface area contributed by atoms with Crippen LogP contribution in [0.4, 0.5) is 11.4 Å². The number of benzene rings is 2. The molecule has 2 aromatic rings. The Bertz CT molecular complexity index is 760. The van der Waals surface area contributed by atoms with Crippen molar-refractivity contribution in [3.05, 3.63) is 54.1 Å². The maximum absolute atomic E-state index is 12.1. The predicted molar refractivity (Wildman–Crippen MR) is 113 cm³/mol. The van der Waals surface area contributed by atoms with E-state index in [2.05, 4.69) is 17.6 Å². The van der Waals surface area contributed by atoms with Gasteiger partial charge in [0.05, 0.1) is 13.2 Å². The van der Waals surface area contributed by atoms with Gasteiger partial charge in [-0.2, -0.15) is 0 Å². The van der Waals surface area contributed by atoms with E-state index in [0.717, 1.165) is 12.2 Å².